The van der Waals surface area contributed by atoms with Crippen molar-refractivity contribution in [1.82, 2.24) is 4.98 Å². The summed E-state index contributed by atoms with van der Waals surface area (Å²) in [5, 5.41) is 20.2. The van der Waals surface area contributed by atoms with Crippen LogP contribution in [0.15, 0.2) is 12.1 Å². The summed E-state index contributed by atoms with van der Waals surface area (Å²) in [4.78, 5) is 27.8. The number of hydrogen-bond donors (Lipinski definition) is 1. The zero-order valence-electron chi connectivity index (χ0n) is 11.4. The second kappa shape index (κ2) is 5.44. The van der Waals surface area contributed by atoms with E-state index in [9.17, 15) is 14.9 Å². The van der Waals surface area contributed by atoms with Crippen LogP contribution in [0.3, 0.4) is 0 Å². The minimum absolute atomic E-state index is 0.0313. The van der Waals surface area contributed by atoms with Gasteiger partial charge < -0.3 is 10.0 Å². The molecule has 7 heteroatoms. The number of aromatic nitrogens is 1. The molecule has 0 bridgehead atoms. The highest BCUT2D eigenvalue weighted by molar-refractivity contribution is 5.71. The molecule has 1 saturated heterocycles. The van der Waals surface area contributed by atoms with Crippen molar-refractivity contribution in [2.75, 3.05) is 11.4 Å². The predicted molar refractivity (Wildman–Crippen MR) is 72.8 cm³/mol. The minimum atomic E-state index is -0.803. The zero-order chi connectivity index (χ0) is 14.9. The molecule has 20 heavy (non-hydrogen) atoms. The highest BCUT2D eigenvalue weighted by atomic mass is 16.6. The molecule has 2 rings (SSSR count). The summed E-state index contributed by atoms with van der Waals surface area (Å²) in [6.45, 7) is 4.13. The molecule has 1 N–H and O–H groups in total. The van der Waals surface area contributed by atoms with Crippen LogP contribution < -0.4 is 4.90 Å². The molecule has 0 spiro atoms. The summed E-state index contributed by atoms with van der Waals surface area (Å²) in [6, 6.07) is 2.97. The Bertz CT molecular complexity index is 546. The Morgan fingerprint density at radius 1 is 1.55 bits per heavy atom. The zero-order valence-corrected chi connectivity index (χ0v) is 11.4. The molecular formula is C13H17N3O4. The van der Waals surface area contributed by atoms with Crippen LogP contribution in [-0.2, 0) is 4.79 Å². The molecule has 1 aromatic heterocycles. The number of aliphatic carboxylic acids is 1. The minimum Gasteiger partial charge on any atom is -0.481 e. The van der Waals surface area contributed by atoms with E-state index in [1.165, 1.54) is 6.07 Å². The second-order valence-electron chi connectivity index (χ2n) is 5.15. The third kappa shape index (κ3) is 2.71. The summed E-state index contributed by atoms with van der Waals surface area (Å²) in [5.41, 5.74) is 0.675. The van der Waals surface area contributed by atoms with Crippen molar-refractivity contribution >= 4 is 17.5 Å². The van der Waals surface area contributed by atoms with Crippen LogP contribution in [-0.4, -0.2) is 33.6 Å². The van der Waals surface area contributed by atoms with Crippen LogP contribution in [0.1, 0.15) is 25.5 Å². The standard InChI is InChI=1S/C13H17N3O4/c1-8-3-4-11(16(19)20)12(14-8)15-6-5-10(13(17)18)7-9(15)2/h3-4,9-10H,5-7H2,1-2H3,(H,17,18). The third-order valence-electron chi connectivity index (χ3n) is 3.69. The molecule has 0 radical (unpaired) electrons. The molecule has 1 fully saturated rings. The van der Waals surface area contributed by atoms with Gasteiger partial charge in [-0.1, -0.05) is 0 Å². The first-order chi connectivity index (χ1) is 9.40. The number of nitro groups is 1. The maximum Gasteiger partial charge on any atom is 0.311 e. The van der Waals surface area contributed by atoms with Crippen LogP contribution in [0.2, 0.25) is 0 Å². The van der Waals surface area contributed by atoms with E-state index in [0.717, 1.165) is 0 Å². The summed E-state index contributed by atoms with van der Waals surface area (Å²) in [7, 11) is 0. The Morgan fingerprint density at radius 3 is 2.80 bits per heavy atom. The van der Waals surface area contributed by atoms with Gasteiger partial charge in [-0.25, -0.2) is 4.98 Å². The Hall–Kier alpha value is -2.18. The van der Waals surface area contributed by atoms with Crippen LogP contribution in [0, 0.1) is 23.0 Å². The van der Waals surface area contributed by atoms with Crippen molar-refractivity contribution in [1.29, 1.82) is 0 Å². The smallest absolute Gasteiger partial charge is 0.311 e. The fourth-order valence-electron chi connectivity index (χ4n) is 2.60. The molecule has 1 aromatic rings. The molecule has 7 nitrogen and oxygen atoms in total. The fraction of sp³-hybridized carbons (Fsp3) is 0.538. The van der Waals surface area contributed by atoms with E-state index in [4.69, 9.17) is 5.11 Å². The van der Waals surface area contributed by atoms with Gasteiger partial charge in [0.05, 0.1) is 10.8 Å². The number of rotatable bonds is 3. The second-order valence-corrected chi connectivity index (χ2v) is 5.15. The number of piperidine rings is 1. The number of aryl methyl sites for hydroxylation is 1. The largest absolute Gasteiger partial charge is 0.481 e. The Balaban J connectivity index is 2.30. The molecule has 0 aromatic carbocycles. The third-order valence-corrected chi connectivity index (χ3v) is 3.69. The number of carboxylic acids is 1. The van der Waals surface area contributed by atoms with Crippen LogP contribution in [0.25, 0.3) is 0 Å². The fourth-order valence-corrected chi connectivity index (χ4v) is 2.60. The molecule has 2 heterocycles. The van der Waals surface area contributed by atoms with Crippen molar-refractivity contribution in [3.05, 3.63) is 27.9 Å². The van der Waals surface area contributed by atoms with Crippen molar-refractivity contribution in [2.24, 2.45) is 5.92 Å². The quantitative estimate of drug-likeness (QED) is 0.671. The molecule has 0 amide bonds. The Labute approximate surface area is 116 Å². The van der Waals surface area contributed by atoms with Gasteiger partial charge in [0.2, 0.25) is 5.82 Å². The number of nitrogens with zero attached hydrogens (tertiary/aromatic N) is 3. The van der Waals surface area contributed by atoms with Crippen LogP contribution in [0.4, 0.5) is 11.5 Å². The SMILES string of the molecule is Cc1ccc([N+](=O)[O-])c(N2CCC(C(=O)O)CC2C)n1. The molecule has 2 atom stereocenters. The average Bonchev–Trinajstić information content (AvgIpc) is 2.37. The summed E-state index contributed by atoms with van der Waals surface area (Å²) in [5.74, 6) is -0.848. The number of pyridine rings is 1. The lowest BCUT2D eigenvalue weighted by Crippen LogP contribution is -2.43. The molecule has 0 aliphatic carbocycles. The van der Waals surface area contributed by atoms with Gasteiger partial charge in [-0.3, -0.25) is 14.9 Å². The molecule has 108 valence electrons. The van der Waals surface area contributed by atoms with Gasteiger partial charge >= 0.3 is 11.7 Å². The first-order valence-corrected chi connectivity index (χ1v) is 6.51. The van der Waals surface area contributed by atoms with E-state index in [2.05, 4.69) is 4.98 Å². The summed E-state index contributed by atoms with van der Waals surface area (Å²) >= 11 is 0. The highest BCUT2D eigenvalue weighted by Gasteiger charge is 2.33. The van der Waals surface area contributed by atoms with Gasteiger partial charge in [0.1, 0.15) is 0 Å². The highest BCUT2D eigenvalue weighted by Crippen LogP contribution is 2.33. The normalized spacial score (nSPS) is 22.6. The number of carboxylic acid groups (broad SMARTS) is 1. The Morgan fingerprint density at radius 2 is 2.25 bits per heavy atom. The van der Waals surface area contributed by atoms with Crippen molar-refractivity contribution in [3.63, 3.8) is 0 Å². The molecule has 0 saturated carbocycles. The number of hydrogen-bond acceptors (Lipinski definition) is 5. The van der Waals surface area contributed by atoms with E-state index in [-0.39, 0.29) is 17.6 Å². The molecule has 2 unspecified atom stereocenters. The van der Waals surface area contributed by atoms with E-state index in [0.29, 0.717) is 30.9 Å². The average molecular weight is 279 g/mol. The first kappa shape index (κ1) is 14.2. The summed E-state index contributed by atoms with van der Waals surface area (Å²) < 4.78 is 0. The molecular weight excluding hydrogens is 262 g/mol. The van der Waals surface area contributed by atoms with E-state index >= 15 is 0 Å². The van der Waals surface area contributed by atoms with Gasteiger partial charge in [-0.15, -0.1) is 0 Å². The van der Waals surface area contributed by atoms with Gasteiger partial charge in [-0.2, -0.15) is 0 Å². The number of carbonyl (C=O) groups is 1. The van der Waals surface area contributed by atoms with E-state index in [1.54, 1.807) is 13.0 Å². The Kier molecular flexibility index (Phi) is 3.87. The van der Waals surface area contributed by atoms with Gasteiger partial charge in [0.15, 0.2) is 0 Å². The first-order valence-electron chi connectivity index (χ1n) is 6.51. The van der Waals surface area contributed by atoms with Crippen molar-refractivity contribution in [2.45, 2.75) is 32.7 Å². The van der Waals surface area contributed by atoms with E-state index in [1.807, 2.05) is 11.8 Å². The van der Waals surface area contributed by atoms with Crippen molar-refractivity contribution < 1.29 is 14.8 Å². The lowest BCUT2D eigenvalue weighted by Gasteiger charge is -2.36. The van der Waals surface area contributed by atoms with Crippen LogP contribution in [0.5, 0.6) is 0 Å². The topological polar surface area (TPSA) is 96.6 Å². The lowest BCUT2D eigenvalue weighted by molar-refractivity contribution is -0.384. The van der Waals surface area contributed by atoms with Gasteiger partial charge in [0, 0.05) is 24.3 Å². The lowest BCUT2D eigenvalue weighted by atomic mass is 9.91. The molecule has 1 aliphatic rings. The molecule has 1 aliphatic heterocycles. The van der Waals surface area contributed by atoms with Gasteiger partial charge in [0.25, 0.3) is 0 Å². The van der Waals surface area contributed by atoms with Crippen LogP contribution >= 0.6 is 0 Å². The predicted octanol–water partition coefficient (Wildman–Crippen LogP) is 1.99. The van der Waals surface area contributed by atoms with E-state index < -0.39 is 10.9 Å². The maximum absolute atomic E-state index is 11.1. The van der Waals surface area contributed by atoms with Crippen molar-refractivity contribution in [3.8, 4) is 0 Å². The number of anilines is 1. The summed E-state index contributed by atoms with van der Waals surface area (Å²) in [6.07, 6.45) is 0.953. The van der Waals surface area contributed by atoms with Gasteiger partial charge in [-0.05, 0) is 32.8 Å². The monoisotopic (exact) mass is 279 g/mol. The maximum atomic E-state index is 11.1.